The molecule has 6 nitrogen and oxygen atoms in total. The van der Waals surface area contributed by atoms with Crippen LogP contribution in [0.5, 0.6) is 0 Å². The molecule has 1 unspecified atom stereocenters. The van der Waals surface area contributed by atoms with Crippen molar-refractivity contribution in [3.8, 4) is 0 Å². The SMILES string of the molecule is COC[C@@]1(O)CC[C@H]2[C@@H](CC[C@@H]3[C@@H]2CC[C@]2(C)C([C@@H](C)Cn4nnnc4C)CC[C@@H]32)C1. The van der Waals surface area contributed by atoms with Crippen molar-refractivity contribution in [2.24, 2.45) is 46.8 Å². The van der Waals surface area contributed by atoms with Gasteiger partial charge in [0.2, 0.25) is 0 Å². The van der Waals surface area contributed by atoms with Crippen LogP contribution in [-0.4, -0.2) is 44.6 Å². The van der Waals surface area contributed by atoms with Gasteiger partial charge in [-0.1, -0.05) is 13.8 Å². The molecular weight excluding hydrogens is 388 g/mol. The number of nitrogens with zero attached hydrogens (tertiary/aromatic N) is 4. The highest BCUT2D eigenvalue weighted by molar-refractivity contribution is 5.07. The Morgan fingerprint density at radius 2 is 1.90 bits per heavy atom. The fourth-order valence-corrected chi connectivity index (χ4v) is 9.16. The van der Waals surface area contributed by atoms with Crippen LogP contribution in [0.1, 0.15) is 77.5 Å². The van der Waals surface area contributed by atoms with Gasteiger partial charge in [-0.05, 0) is 122 Å². The zero-order valence-electron chi connectivity index (χ0n) is 20.0. The van der Waals surface area contributed by atoms with Gasteiger partial charge in [-0.25, -0.2) is 4.68 Å². The first-order valence-corrected chi connectivity index (χ1v) is 12.8. The third-order valence-corrected chi connectivity index (χ3v) is 10.4. The molecule has 174 valence electrons. The molecule has 1 aromatic rings. The summed E-state index contributed by atoms with van der Waals surface area (Å²) in [6, 6.07) is 0. The number of fused-ring (bicyclic) bond motifs is 5. The predicted octanol–water partition coefficient (Wildman–Crippen LogP) is 4.26. The van der Waals surface area contributed by atoms with Crippen molar-refractivity contribution in [2.75, 3.05) is 13.7 Å². The lowest BCUT2D eigenvalue weighted by Gasteiger charge is -2.57. The summed E-state index contributed by atoms with van der Waals surface area (Å²) in [5, 5.41) is 23.1. The molecule has 0 aliphatic heterocycles. The largest absolute Gasteiger partial charge is 0.387 e. The second-order valence-corrected chi connectivity index (χ2v) is 11.9. The van der Waals surface area contributed by atoms with Gasteiger partial charge in [-0.3, -0.25) is 0 Å². The Bertz CT molecular complexity index is 783. The number of rotatable bonds is 5. The van der Waals surface area contributed by atoms with E-state index >= 15 is 0 Å². The Morgan fingerprint density at radius 3 is 2.65 bits per heavy atom. The zero-order valence-corrected chi connectivity index (χ0v) is 20.0. The molecule has 0 saturated heterocycles. The molecule has 4 aliphatic carbocycles. The van der Waals surface area contributed by atoms with Crippen LogP contribution in [0.2, 0.25) is 0 Å². The van der Waals surface area contributed by atoms with Gasteiger partial charge in [0.25, 0.3) is 0 Å². The van der Waals surface area contributed by atoms with Gasteiger partial charge in [-0.15, -0.1) is 5.10 Å². The molecule has 4 aliphatic rings. The van der Waals surface area contributed by atoms with E-state index < -0.39 is 5.60 Å². The van der Waals surface area contributed by atoms with Crippen LogP contribution in [-0.2, 0) is 11.3 Å². The average molecular weight is 431 g/mol. The van der Waals surface area contributed by atoms with E-state index in [0.29, 0.717) is 23.9 Å². The summed E-state index contributed by atoms with van der Waals surface area (Å²) in [5.41, 5.74) is -0.102. The standard InChI is InChI=1S/C25H42N4O2/c1-16(14-29-17(2)26-27-28-29)22-7-8-23-21-6-5-18-13-25(30,15-31-4)12-10-19(18)20(21)9-11-24(22,23)3/h16,18-23,30H,5-15H2,1-4H3/t16-,18-,19-,20+,21+,22?,23-,24+,25+/m0/s1. The topological polar surface area (TPSA) is 73.1 Å². The van der Waals surface area contributed by atoms with Crippen molar-refractivity contribution in [3.63, 3.8) is 0 Å². The number of methoxy groups -OCH3 is 1. The first kappa shape index (κ1) is 21.8. The molecule has 31 heavy (non-hydrogen) atoms. The lowest BCUT2D eigenvalue weighted by molar-refractivity contribution is -0.126. The third kappa shape index (κ3) is 3.66. The fourth-order valence-electron chi connectivity index (χ4n) is 9.16. The Labute approximate surface area is 187 Å². The normalized spacial score (nSPS) is 45.6. The maximum absolute atomic E-state index is 11.0. The summed E-state index contributed by atoms with van der Waals surface area (Å²) in [6.07, 6.45) is 11.3. The van der Waals surface area contributed by atoms with E-state index in [1.165, 1.54) is 44.9 Å². The van der Waals surface area contributed by atoms with Crippen LogP contribution in [0.4, 0.5) is 0 Å². The molecule has 4 fully saturated rings. The van der Waals surface area contributed by atoms with E-state index in [4.69, 9.17) is 4.74 Å². The monoisotopic (exact) mass is 430 g/mol. The van der Waals surface area contributed by atoms with Crippen LogP contribution in [0.3, 0.4) is 0 Å². The second kappa shape index (κ2) is 8.09. The molecule has 1 N–H and O–H groups in total. The molecule has 0 amide bonds. The van der Waals surface area contributed by atoms with Crippen LogP contribution in [0, 0.1) is 53.8 Å². The molecule has 1 heterocycles. The third-order valence-electron chi connectivity index (χ3n) is 10.4. The Hall–Kier alpha value is -1.01. The first-order valence-electron chi connectivity index (χ1n) is 12.8. The Kier molecular flexibility index (Phi) is 5.69. The molecule has 0 radical (unpaired) electrons. The minimum atomic E-state index is -0.575. The molecule has 9 atom stereocenters. The number of aromatic nitrogens is 4. The lowest BCUT2D eigenvalue weighted by Crippen LogP contribution is -2.52. The summed E-state index contributed by atoms with van der Waals surface area (Å²) < 4.78 is 7.36. The Morgan fingerprint density at radius 1 is 1.10 bits per heavy atom. The molecule has 5 rings (SSSR count). The summed E-state index contributed by atoms with van der Waals surface area (Å²) in [6.45, 7) is 8.51. The van der Waals surface area contributed by atoms with E-state index in [1.807, 2.05) is 11.6 Å². The summed E-state index contributed by atoms with van der Waals surface area (Å²) >= 11 is 0. The van der Waals surface area contributed by atoms with Crippen LogP contribution < -0.4 is 0 Å². The second-order valence-electron chi connectivity index (χ2n) is 11.9. The van der Waals surface area contributed by atoms with Crippen molar-refractivity contribution in [1.29, 1.82) is 0 Å². The average Bonchev–Trinajstić information content (AvgIpc) is 3.30. The number of tetrazole rings is 1. The van der Waals surface area contributed by atoms with Crippen molar-refractivity contribution < 1.29 is 9.84 Å². The number of hydrogen-bond acceptors (Lipinski definition) is 5. The maximum atomic E-state index is 11.0. The van der Waals surface area contributed by atoms with Gasteiger partial charge >= 0.3 is 0 Å². The van der Waals surface area contributed by atoms with E-state index in [-0.39, 0.29) is 0 Å². The van der Waals surface area contributed by atoms with Crippen molar-refractivity contribution in [2.45, 2.75) is 90.7 Å². The number of aliphatic hydroxyl groups is 1. The molecule has 1 aromatic heterocycles. The highest BCUT2D eigenvalue weighted by atomic mass is 16.5. The number of ether oxygens (including phenoxy) is 1. The van der Waals surface area contributed by atoms with E-state index in [1.54, 1.807) is 7.11 Å². The predicted molar refractivity (Wildman–Crippen MR) is 119 cm³/mol. The van der Waals surface area contributed by atoms with Gasteiger partial charge in [0.1, 0.15) is 5.82 Å². The number of hydrogen-bond donors (Lipinski definition) is 1. The molecule has 0 bridgehead atoms. The number of aryl methyl sites for hydroxylation is 1. The van der Waals surface area contributed by atoms with E-state index in [0.717, 1.165) is 54.8 Å². The lowest BCUT2D eigenvalue weighted by atomic mass is 9.48. The van der Waals surface area contributed by atoms with Gasteiger partial charge in [0.15, 0.2) is 0 Å². The van der Waals surface area contributed by atoms with Crippen LogP contribution in [0.25, 0.3) is 0 Å². The van der Waals surface area contributed by atoms with Crippen LogP contribution in [0.15, 0.2) is 0 Å². The smallest absolute Gasteiger partial charge is 0.148 e. The van der Waals surface area contributed by atoms with Gasteiger partial charge in [0.05, 0.1) is 12.2 Å². The zero-order chi connectivity index (χ0) is 21.8. The maximum Gasteiger partial charge on any atom is 0.148 e. The van der Waals surface area contributed by atoms with E-state index in [2.05, 4.69) is 29.4 Å². The molecule has 4 saturated carbocycles. The summed E-state index contributed by atoms with van der Waals surface area (Å²) in [7, 11) is 1.72. The van der Waals surface area contributed by atoms with Gasteiger partial charge in [0, 0.05) is 13.7 Å². The van der Waals surface area contributed by atoms with Crippen LogP contribution >= 0.6 is 0 Å². The van der Waals surface area contributed by atoms with Crippen molar-refractivity contribution >= 4 is 0 Å². The summed E-state index contributed by atoms with van der Waals surface area (Å²) in [4.78, 5) is 0. The Balaban J connectivity index is 1.29. The molecule has 0 aromatic carbocycles. The molecular formula is C25H42N4O2. The van der Waals surface area contributed by atoms with E-state index in [9.17, 15) is 5.11 Å². The van der Waals surface area contributed by atoms with Crippen molar-refractivity contribution in [1.82, 2.24) is 20.2 Å². The minimum Gasteiger partial charge on any atom is -0.387 e. The van der Waals surface area contributed by atoms with Gasteiger partial charge in [-0.2, -0.15) is 0 Å². The minimum absolute atomic E-state index is 0.473. The highest BCUT2D eigenvalue weighted by Crippen LogP contribution is 2.65. The van der Waals surface area contributed by atoms with Gasteiger partial charge < -0.3 is 9.84 Å². The molecule has 0 spiro atoms. The molecule has 6 heteroatoms. The summed E-state index contributed by atoms with van der Waals surface area (Å²) in [5.74, 6) is 6.54. The quantitative estimate of drug-likeness (QED) is 0.755. The first-order chi connectivity index (χ1) is 14.8. The fraction of sp³-hybridized carbons (Fsp3) is 0.960. The van der Waals surface area contributed by atoms with Crippen molar-refractivity contribution in [3.05, 3.63) is 5.82 Å². The highest BCUT2D eigenvalue weighted by Gasteiger charge is 2.58.